The summed E-state index contributed by atoms with van der Waals surface area (Å²) in [5, 5.41) is 14.0. The molecule has 0 atom stereocenters. The molecule has 10 aromatic rings. The molecule has 7 nitrogen and oxygen atoms in total. The number of benzene rings is 9. The van der Waals surface area contributed by atoms with Gasteiger partial charge in [-0.2, -0.15) is 5.26 Å². The molecule has 0 bridgehead atoms. The molecule has 9 aromatic carbocycles. The number of hydrogen-bond acceptors (Lipinski definition) is 4. The zero-order chi connectivity index (χ0) is 43.9. The van der Waals surface area contributed by atoms with E-state index in [2.05, 4.69) is 99.2 Å². The summed E-state index contributed by atoms with van der Waals surface area (Å²) in [5.41, 5.74) is 10.7. The third-order valence-corrected chi connectivity index (χ3v) is 14.1. The lowest BCUT2D eigenvalue weighted by Crippen LogP contribution is -2.34. The summed E-state index contributed by atoms with van der Waals surface area (Å²) < 4.78 is 17.4. The molecule has 0 radical (unpaired) electrons. The molecule has 3 heterocycles. The van der Waals surface area contributed by atoms with Crippen LogP contribution in [0.2, 0.25) is 0 Å². The Labute approximate surface area is 379 Å². The van der Waals surface area contributed by atoms with Gasteiger partial charge < -0.3 is 18.9 Å². The van der Waals surface area contributed by atoms with Crippen molar-refractivity contribution in [3.05, 3.63) is 250 Å². The number of nitriles is 1. The molecule has 2 spiro atoms. The minimum absolute atomic E-state index is 0.0659. The van der Waals surface area contributed by atoms with Crippen LogP contribution in [0.5, 0.6) is 11.5 Å². The van der Waals surface area contributed by atoms with Crippen LogP contribution >= 0.6 is 0 Å². The Morgan fingerprint density at radius 3 is 1.64 bits per heavy atom. The summed E-state index contributed by atoms with van der Waals surface area (Å²) >= 11 is 0. The summed E-state index contributed by atoms with van der Waals surface area (Å²) in [6, 6.07) is 66.0. The molecule has 0 saturated heterocycles. The molecule has 1 aromatic heterocycles. The van der Waals surface area contributed by atoms with Crippen LogP contribution in [0.4, 0.5) is 28.4 Å². The fourth-order valence-corrected chi connectivity index (χ4v) is 11.8. The van der Waals surface area contributed by atoms with Gasteiger partial charge in [-0.1, -0.05) is 146 Å². The van der Waals surface area contributed by atoms with Gasteiger partial charge in [0.15, 0.2) is 11.5 Å². The fraction of sp³-hybridized carbons (Fsp3) is 0.0339. The van der Waals surface area contributed by atoms with Crippen LogP contribution < -0.4 is 9.64 Å². The average molecular weight is 842 g/mol. The first-order valence-corrected chi connectivity index (χ1v) is 21.8. The molecular formula is C59H31N5O2. The van der Waals surface area contributed by atoms with Gasteiger partial charge in [0.05, 0.1) is 52.2 Å². The Balaban J connectivity index is 1.17. The highest BCUT2D eigenvalue weighted by Crippen LogP contribution is 2.72. The normalized spacial score (nSPS) is 14.6. The fourth-order valence-electron chi connectivity index (χ4n) is 11.8. The topological polar surface area (TPSA) is 59.1 Å². The Morgan fingerprint density at radius 2 is 1.03 bits per heavy atom. The van der Waals surface area contributed by atoms with Gasteiger partial charge in [0, 0.05) is 27.8 Å². The maximum Gasteiger partial charge on any atom is 0.219 e. The van der Waals surface area contributed by atoms with E-state index >= 15 is 0 Å². The zero-order valence-corrected chi connectivity index (χ0v) is 35.0. The van der Waals surface area contributed by atoms with E-state index in [9.17, 15) is 11.8 Å². The predicted octanol–water partition coefficient (Wildman–Crippen LogP) is 14.9. The van der Waals surface area contributed by atoms with Crippen LogP contribution in [0, 0.1) is 24.5 Å². The predicted molar refractivity (Wildman–Crippen MR) is 257 cm³/mol. The minimum atomic E-state index is -1.38. The minimum Gasteiger partial charge on any atom is -0.452 e. The Kier molecular flexibility index (Phi) is 7.12. The van der Waals surface area contributed by atoms with Gasteiger partial charge in [0.2, 0.25) is 11.4 Å². The first-order chi connectivity index (χ1) is 32.6. The summed E-state index contributed by atoms with van der Waals surface area (Å²) in [7, 11) is 0. The maximum atomic E-state index is 12.1. The lowest BCUT2D eigenvalue weighted by molar-refractivity contribution is -0.0485. The van der Waals surface area contributed by atoms with Crippen molar-refractivity contribution in [1.82, 2.24) is 4.57 Å². The first kappa shape index (κ1) is 36.3. The lowest BCUT2D eigenvalue weighted by Gasteiger charge is -2.36. The summed E-state index contributed by atoms with van der Waals surface area (Å²) in [5.74, 6) is 1.13. The standard InChI is InChI=1S/C59H31N5O2/c1-61-54-53-52(58(42-25-11-6-20-36(42)37-21-7-12-26-43(37)58)66-59(53)44-27-13-8-22-38(44)39-23-9-14-28-45(39)59)41(34-60)56(55(54)62-2)64-47-30-16-17-31-50(47)65-57-49(64)33-32-48-51(57)40-24-10-15-29-46(40)63(48)35-18-4-3-5-19-35/h3-33H. The van der Waals surface area contributed by atoms with E-state index in [0.29, 0.717) is 39.7 Å². The summed E-state index contributed by atoms with van der Waals surface area (Å²) in [6.07, 6.45) is 0. The monoisotopic (exact) mass is 841 g/mol. The third kappa shape index (κ3) is 4.23. The molecule has 0 fully saturated rings. The van der Waals surface area contributed by atoms with E-state index in [1.165, 1.54) is 0 Å². The SMILES string of the molecule is [C-]#[N+]c1c([N+]#[C-])c2c(c(C#N)c1N1c3ccccc3Oc3c1ccc1c3c3ccccc3n1-c1ccccc1)C1(OC23c2ccccc2-c2ccccc23)c2ccccc2-c2ccccc21. The molecule has 2 aliphatic heterocycles. The summed E-state index contributed by atoms with van der Waals surface area (Å²) in [6.45, 7) is 18.4. The molecule has 0 N–H and O–H groups in total. The van der Waals surface area contributed by atoms with Crippen LogP contribution in [0.25, 0.3) is 59.4 Å². The van der Waals surface area contributed by atoms with E-state index in [1.54, 1.807) is 0 Å². The Morgan fingerprint density at radius 1 is 0.500 bits per heavy atom. The van der Waals surface area contributed by atoms with Gasteiger partial charge in [-0.05, 0) is 81.4 Å². The second kappa shape index (κ2) is 12.9. The van der Waals surface area contributed by atoms with Crippen LogP contribution in [0.15, 0.2) is 188 Å². The molecule has 0 saturated carbocycles. The molecule has 14 rings (SSSR count). The van der Waals surface area contributed by atoms with Crippen molar-refractivity contribution in [2.75, 3.05) is 4.90 Å². The largest absolute Gasteiger partial charge is 0.452 e. The van der Waals surface area contributed by atoms with Gasteiger partial charge in [-0.15, -0.1) is 0 Å². The van der Waals surface area contributed by atoms with Gasteiger partial charge in [-0.3, -0.25) is 0 Å². The molecule has 4 aliphatic rings. The zero-order valence-electron chi connectivity index (χ0n) is 35.0. The smallest absolute Gasteiger partial charge is 0.219 e. The molecule has 66 heavy (non-hydrogen) atoms. The van der Waals surface area contributed by atoms with Crippen LogP contribution in [0.1, 0.15) is 38.9 Å². The lowest BCUT2D eigenvalue weighted by atomic mass is 9.75. The van der Waals surface area contributed by atoms with Crippen LogP contribution in [0.3, 0.4) is 0 Å². The quantitative estimate of drug-likeness (QED) is 0.163. The number of ether oxygens (including phenoxy) is 2. The van der Waals surface area contributed by atoms with Gasteiger partial charge in [0.25, 0.3) is 0 Å². The van der Waals surface area contributed by atoms with E-state index < -0.39 is 11.2 Å². The Bertz CT molecular complexity index is 3870. The number of hydrogen-bond donors (Lipinski definition) is 0. The molecule has 0 unspecified atom stereocenters. The van der Waals surface area contributed by atoms with Crippen molar-refractivity contribution >= 4 is 50.2 Å². The highest BCUT2D eigenvalue weighted by Gasteiger charge is 2.65. The van der Waals surface area contributed by atoms with E-state index in [0.717, 1.165) is 72.0 Å². The van der Waals surface area contributed by atoms with Crippen molar-refractivity contribution < 1.29 is 9.47 Å². The van der Waals surface area contributed by atoms with Crippen molar-refractivity contribution in [3.8, 4) is 45.5 Å². The number of nitrogens with zero attached hydrogens (tertiary/aromatic N) is 5. The van der Waals surface area contributed by atoms with Crippen molar-refractivity contribution in [1.29, 1.82) is 5.26 Å². The molecule has 0 amide bonds. The Hall–Kier alpha value is -9.19. The third-order valence-electron chi connectivity index (χ3n) is 14.1. The highest BCUT2D eigenvalue weighted by atomic mass is 16.5. The maximum absolute atomic E-state index is 12.1. The molecule has 2 aliphatic carbocycles. The molecular weight excluding hydrogens is 811 g/mol. The first-order valence-electron chi connectivity index (χ1n) is 21.8. The van der Waals surface area contributed by atoms with Gasteiger partial charge >= 0.3 is 0 Å². The molecule has 304 valence electrons. The van der Waals surface area contributed by atoms with E-state index in [1.807, 2.05) is 114 Å². The number of aromatic nitrogens is 1. The number of rotatable bonds is 2. The highest BCUT2D eigenvalue weighted by molar-refractivity contribution is 6.16. The van der Waals surface area contributed by atoms with Crippen LogP contribution in [-0.2, 0) is 15.9 Å². The van der Waals surface area contributed by atoms with Crippen molar-refractivity contribution in [2.45, 2.75) is 11.2 Å². The summed E-state index contributed by atoms with van der Waals surface area (Å²) in [4.78, 5) is 10.7. The van der Waals surface area contributed by atoms with Crippen molar-refractivity contribution in [2.24, 2.45) is 0 Å². The van der Waals surface area contributed by atoms with Gasteiger partial charge in [-0.25, -0.2) is 9.69 Å². The van der Waals surface area contributed by atoms with E-state index in [4.69, 9.17) is 16.0 Å². The van der Waals surface area contributed by atoms with E-state index in [-0.39, 0.29) is 16.9 Å². The second-order valence-corrected chi connectivity index (χ2v) is 17.1. The number of anilines is 3. The van der Waals surface area contributed by atoms with Crippen molar-refractivity contribution in [3.63, 3.8) is 0 Å². The van der Waals surface area contributed by atoms with Gasteiger partial charge in [0.1, 0.15) is 17.3 Å². The number of para-hydroxylation sites is 4. The molecule has 7 heteroatoms. The average Bonchev–Trinajstić information content (AvgIpc) is 4.07. The van der Waals surface area contributed by atoms with Crippen LogP contribution in [-0.4, -0.2) is 4.57 Å². The number of fused-ring (bicyclic) bond motifs is 19. The second-order valence-electron chi connectivity index (χ2n) is 17.1.